The van der Waals surface area contributed by atoms with E-state index in [2.05, 4.69) is 20.6 Å². The Morgan fingerprint density at radius 2 is 2.04 bits per heavy atom. The van der Waals surface area contributed by atoms with Crippen molar-refractivity contribution in [2.24, 2.45) is 0 Å². The minimum Gasteiger partial charge on any atom is -0.352 e. The number of aromatic nitrogens is 4. The third-order valence-electron chi connectivity index (χ3n) is 4.12. The van der Waals surface area contributed by atoms with Crippen molar-refractivity contribution in [1.29, 1.82) is 0 Å². The Morgan fingerprint density at radius 1 is 1.31 bits per heavy atom. The van der Waals surface area contributed by atoms with Crippen LogP contribution in [0.1, 0.15) is 29.9 Å². The summed E-state index contributed by atoms with van der Waals surface area (Å²) in [4.78, 5) is 29.7. The number of hydrogen-bond donors (Lipinski definition) is 1. The first-order valence-electron chi connectivity index (χ1n) is 7.67. The smallest absolute Gasteiger partial charge is 0.352 e. The topological polar surface area (TPSA) is 93.0 Å². The van der Waals surface area contributed by atoms with Crippen LogP contribution < -0.4 is 5.32 Å². The van der Waals surface area contributed by atoms with Crippen molar-refractivity contribution in [3.8, 4) is 5.82 Å². The summed E-state index contributed by atoms with van der Waals surface area (Å²) in [6.07, 6.45) is -2.55. The van der Waals surface area contributed by atoms with Gasteiger partial charge in [-0.3, -0.25) is 9.59 Å². The van der Waals surface area contributed by atoms with Gasteiger partial charge in [-0.25, -0.2) is 9.67 Å². The maximum Gasteiger partial charge on any atom is 0.417 e. The Bertz CT molecular complexity index is 844. The van der Waals surface area contributed by atoms with Gasteiger partial charge in [-0.2, -0.15) is 13.2 Å². The highest BCUT2D eigenvalue weighted by Gasteiger charge is 2.41. The molecule has 0 bridgehead atoms. The third kappa shape index (κ3) is 3.11. The van der Waals surface area contributed by atoms with Crippen LogP contribution in [0.25, 0.3) is 5.82 Å². The first-order valence-corrected chi connectivity index (χ1v) is 7.67. The maximum absolute atomic E-state index is 12.7. The standard InChI is InChI=1S/C15H15F3N6O2/c1-14(2)13(26)19-5-6-23(14)12(25)10-8-24(22-21-10)11-4-3-9(7-20-11)15(16,17)18/h3-4,7-8H,5-6H2,1-2H3,(H,19,26). The molecule has 8 nitrogen and oxygen atoms in total. The predicted octanol–water partition coefficient (Wildman–Crippen LogP) is 1.03. The molecule has 1 saturated heterocycles. The van der Waals surface area contributed by atoms with Crippen molar-refractivity contribution < 1.29 is 22.8 Å². The quantitative estimate of drug-likeness (QED) is 0.855. The van der Waals surface area contributed by atoms with E-state index in [0.717, 1.165) is 16.8 Å². The van der Waals surface area contributed by atoms with Crippen LogP contribution in [-0.2, 0) is 11.0 Å². The number of carbonyl (C=O) groups is 2. The summed E-state index contributed by atoms with van der Waals surface area (Å²) in [5.41, 5.74) is -1.97. The number of nitrogens with zero attached hydrogens (tertiary/aromatic N) is 5. The summed E-state index contributed by atoms with van der Waals surface area (Å²) in [5, 5.41) is 10.2. The number of hydrogen-bond acceptors (Lipinski definition) is 5. The average Bonchev–Trinajstić information content (AvgIpc) is 3.06. The Balaban J connectivity index is 1.83. The molecular weight excluding hydrogens is 353 g/mol. The normalized spacial score (nSPS) is 17.1. The van der Waals surface area contributed by atoms with Gasteiger partial charge in [0.15, 0.2) is 11.5 Å². The van der Waals surface area contributed by atoms with Gasteiger partial charge < -0.3 is 10.2 Å². The zero-order valence-corrected chi connectivity index (χ0v) is 13.9. The van der Waals surface area contributed by atoms with E-state index in [-0.39, 0.29) is 17.4 Å². The molecule has 138 valence electrons. The number of nitrogens with one attached hydrogen (secondary N) is 1. The Hall–Kier alpha value is -2.98. The molecule has 3 heterocycles. The first-order chi connectivity index (χ1) is 12.1. The maximum atomic E-state index is 12.7. The van der Waals surface area contributed by atoms with Crippen molar-refractivity contribution in [2.75, 3.05) is 13.1 Å². The Morgan fingerprint density at radius 3 is 2.65 bits per heavy atom. The molecule has 3 rings (SSSR count). The van der Waals surface area contributed by atoms with E-state index < -0.39 is 23.2 Å². The minimum atomic E-state index is -4.49. The molecule has 26 heavy (non-hydrogen) atoms. The van der Waals surface area contributed by atoms with E-state index in [4.69, 9.17) is 0 Å². The summed E-state index contributed by atoms with van der Waals surface area (Å²) in [7, 11) is 0. The molecule has 0 saturated carbocycles. The molecule has 1 aliphatic heterocycles. The number of amides is 2. The lowest BCUT2D eigenvalue weighted by Crippen LogP contribution is -2.63. The fraction of sp³-hybridized carbons (Fsp3) is 0.400. The van der Waals surface area contributed by atoms with Gasteiger partial charge in [0.05, 0.1) is 11.8 Å². The molecule has 0 unspecified atom stereocenters. The van der Waals surface area contributed by atoms with Gasteiger partial charge in [-0.1, -0.05) is 5.21 Å². The van der Waals surface area contributed by atoms with Crippen molar-refractivity contribution in [3.05, 3.63) is 35.8 Å². The lowest BCUT2D eigenvalue weighted by atomic mass is 9.98. The lowest BCUT2D eigenvalue weighted by molar-refractivity contribution is -0.137. The van der Waals surface area contributed by atoms with E-state index in [0.29, 0.717) is 19.3 Å². The molecule has 0 radical (unpaired) electrons. The number of halogens is 3. The van der Waals surface area contributed by atoms with Gasteiger partial charge in [0.2, 0.25) is 5.91 Å². The summed E-state index contributed by atoms with van der Waals surface area (Å²) in [5.74, 6) is -0.697. The number of piperazine rings is 1. The number of pyridine rings is 1. The van der Waals surface area contributed by atoms with Crippen LogP contribution in [0.3, 0.4) is 0 Å². The molecule has 0 spiro atoms. The van der Waals surface area contributed by atoms with Gasteiger partial charge in [-0.15, -0.1) is 5.10 Å². The number of carbonyl (C=O) groups excluding carboxylic acids is 2. The molecule has 11 heteroatoms. The van der Waals surface area contributed by atoms with Gasteiger partial charge in [0, 0.05) is 19.3 Å². The monoisotopic (exact) mass is 368 g/mol. The fourth-order valence-electron chi connectivity index (χ4n) is 2.56. The van der Waals surface area contributed by atoms with E-state index in [1.54, 1.807) is 13.8 Å². The highest BCUT2D eigenvalue weighted by molar-refractivity contribution is 5.98. The van der Waals surface area contributed by atoms with Crippen LogP contribution in [0.15, 0.2) is 24.5 Å². The van der Waals surface area contributed by atoms with Crippen LogP contribution in [0.5, 0.6) is 0 Å². The molecule has 2 aromatic rings. The van der Waals surface area contributed by atoms with Gasteiger partial charge >= 0.3 is 6.18 Å². The molecular formula is C15H15F3N6O2. The SMILES string of the molecule is CC1(C)C(=O)NCCN1C(=O)c1cn(-c2ccc(C(F)(F)F)cn2)nn1. The highest BCUT2D eigenvalue weighted by atomic mass is 19.4. The van der Waals surface area contributed by atoms with E-state index in [9.17, 15) is 22.8 Å². The fourth-order valence-corrected chi connectivity index (χ4v) is 2.56. The zero-order chi connectivity index (χ0) is 19.1. The van der Waals surface area contributed by atoms with Crippen molar-refractivity contribution >= 4 is 11.8 Å². The third-order valence-corrected chi connectivity index (χ3v) is 4.12. The van der Waals surface area contributed by atoms with Crippen LogP contribution in [0, 0.1) is 0 Å². The summed E-state index contributed by atoms with van der Waals surface area (Å²) in [6, 6.07) is 1.99. The van der Waals surface area contributed by atoms with Gasteiger partial charge in [0.1, 0.15) is 5.54 Å². The molecule has 2 amide bonds. The van der Waals surface area contributed by atoms with Crippen molar-refractivity contribution in [2.45, 2.75) is 25.6 Å². The van der Waals surface area contributed by atoms with Gasteiger partial charge in [0.25, 0.3) is 5.91 Å². The van der Waals surface area contributed by atoms with E-state index >= 15 is 0 Å². The summed E-state index contributed by atoms with van der Waals surface area (Å²) in [6.45, 7) is 3.86. The molecule has 1 N–H and O–H groups in total. The second kappa shape index (κ2) is 6.07. The molecule has 0 aromatic carbocycles. The van der Waals surface area contributed by atoms with E-state index in [1.807, 2.05) is 0 Å². The predicted molar refractivity (Wildman–Crippen MR) is 82.3 cm³/mol. The molecule has 1 aliphatic rings. The highest BCUT2D eigenvalue weighted by Crippen LogP contribution is 2.28. The van der Waals surface area contributed by atoms with Crippen LogP contribution in [0.4, 0.5) is 13.2 Å². The number of alkyl halides is 3. The second-order valence-electron chi connectivity index (χ2n) is 6.22. The van der Waals surface area contributed by atoms with Crippen LogP contribution >= 0.6 is 0 Å². The largest absolute Gasteiger partial charge is 0.417 e. The van der Waals surface area contributed by atoms with E-state index in [1.165, 1.54) is 11.1 Å². The summed E-state index contributed by atoms with van der Waals surface area (Å²) >= 11 is 0. The second-order valence-corrected chi connectivity index (χ2v) is 6.22. The summed E-state index contributed by atoms with van der Waals surface area (Å²) < 4.78 is 38.9. The van der Waals surface area contributed by atoms with Gasteiger partial charge in [-0.05, 0) is 26.0 Å². The Kier molecular flexibility index (Phi) is 4.17. The van der Waals surface area contributed by atoms with Crippen LogP contribution in [-0.4, -0.2) is 55.3 Å². The average molecular weight is 368 g/mol. The minimum absolute atomic E-state index is 0.0329. The Labute approximate surface area is 146 Å². The van der Waals surface area contributed by atoms with Crippen molar-refractivity contribution in [3.63, 3.8) is 0 Å². The zero-order valence-electron chi connectivity index (χ0n) is 13.9. The first kappa shape index (κ1) is 17.8. The molecule has 0 aliphatic carbocycles. The number of rotatable bonds is 2. The molecule has 1 fully saturated rings. The van der Waals surface area contributed by atoms with Crippen molar-refractivity contribution in [1.82, 2.24) is 30.2 Å². The molecule has 2 aromatic heterocycles. The lowest BCUT2D eigenvalue weighted by Gasteiger charge is -2.40. The van der Waals surface area contributed by atoms with Crippen LogP contribution in [0.2, 0.25) is 0 Å². The molecule has 0 atom stereocenters.